The molecule has 1 aliphatic carbocycles. The lowest BCUT2D eigenvalue weighted by Crippen LogP contribution is -2.36. The third-order valence-electron chi connectivity index (χ3n) is 5.40. The van der Waals surface area contributed by atoms with Gasteiger partial charge in [0.05, 0.1) is 11.6 Å². The van der Waals surface area contributed by atoms with Gasteiger partial charge in [-0.25, -0.2) is 0 Å². The fourth-order valence-electron chi connectivity index (χ4n) is 3.90. The third kappa shape index (κ3) is 4.06. The average molecular weight is 392 g/mol. The summed E-state index contributed by atoms with van der Waals surface area (Å²) in [4.78, 5) is 26.2. The Morgan fingerprint density at radius 2 is 1.53 bits per heavy atom. The topological polar surface area (TPSA) is 70.0 Å². The van der Waals surface area contributed by atoms with Crippen LogP contribution in [-0.2, 0) is 9.59 Å². The van der Waals surface area contributed by atoms with E-state index < -0.39 is 5.92 Å². The molecule has 0 aliphatic heterocycles. The van der Waals surface area contributed by atoms with E-state index >= 15 is 0 Å². The number of ketones is 1. The van der Waals surface area contributed by atoms with Crippen LogP contribution in [0.3, 0.4) is 0 Å². The molecule has 0 heterocycles. The predicted octanol–water partition coefficient (Wildman–Crippen LogP) is 4.95. The Morgan fingerprint density at radius 3 is 2.17 bits per heavy atom. The van der Waals surface area contributed by atoms with Gasteiger partial charge in [-0.3, -0.25) is 9.59 Å². The van der Waals surface area contributed by atoms with Crippen LogP contribution in [0.5, 0.6) is 0 Å². The fourth-order valence-corrected chi connectivity index (χ4v) is 3.90. The van der Waals surface area contributed by atoms with Crippen molar-refractivity contribution in [1.82, 2.24) is 0 Å². The van der Waals surface area contributed by atoms with Crippen LogP contribution in [-0.4, -0.2) is 11.7 Å². The minimum atomic E-state index is -0.828. The molecule has 0 bridgehead atoms. The molecule has 146 valence electrons. The molecule has 4 nitrogen and oxygen atoms in total. The van der Waals surface area contributed by atoms with Gasteiger partial charge in [-0.05, 0) is 53.5 Å². The number of carbonyl (C=O) groups is 2. The first-order valence-electron chi connectivity index (χ1n) is 9.81. The number of carbonyl (C=O) groups excluding carboxylic acids is 2. The van der Waals surface area contributed by atoms with Crippen LogP contribution in [0.2, 0.25) is 0 Å². The Morgan fingerprint density at radius 1 is 0.900 bits per heavy atom. The number of nitrogens with one attached hydrogen (secondary N) is 1. The Hall–Kier alpha value is -3.97. The molecule has 1 amide bonds. The summed E-state index contributed by atoms with van der Waals surface area (Å²) in [5, 5.41) is 12.0. The van der Waals surface area contributed by atoms with Crippen LogP contribution in [0.25, 0.3) is 5.57 Å². The largest absolute Gasteiger partial charge is 0.325 e. The van der Waals surface area contributed by atoms with Crippen LogP contribution >= 0.6 is 0 Å². The standard InChI is InChI=1S/C26H20N2O2/c27-17-18-11-13-20(14-12-18)23-15-21(19-7-3-1-4-8-19)16-24(29)25(23)26(30)28-22-9-5-2-6-10-22/h1-14,16,23,25H,15H2,(H,28,30)/t23-,25-/m0/s1. The summed E-state index contributed by atoms with van der Waals surface area (Å²) in [7, 11) is 0. The van der Waals surface area contributed by atoms with E-state index in [1.165, 1.54) is 0 Å². The molecule has 0 spiro atoms. The molecule has 2 atom stereocenters. The summed E-state index contributed by atoms with van der Waals surface area (Å²) in [6.45, 7) is 0. The normalized spacial score (nSPS) is 18.2. The van der Waals surface area contributed by atoms with Gasteiger partial charge in [0.1, 0.15) is 5.92 Å². The summed E-state index contributed by atoms with van der Waals surface area (Å²) in [5.41, 5.74) is 3.97. The summed E-state index contributed by atoms with van der Waals surface area (Å²) >= 11 is 0. The maximum atomic E-state index is 13.1. The molecule has 0 unspecified atom stereocenters. The lowest BCUT2D eigenvalue weighted by atomic mass is 9.73. The van der Waals surface area contributed by atoms with Gasteiger partial charge < -0.3 is 5.32 Å². The van der Waals surface area contributed by atoms with Gasteiger partial charge in [0.25, 0.3) is 0 Å². The zero-order valence-electron chi connectivity index (χ0n) is 16.3. The van der Waals surface area contributed by atoms with Crippen LogP contribution in [0.1, 0.15) is 29.0 Å². The van der Waals surface area contributed by atoms with E-state index in [-0.39, 0.29) is 17.6 Å². The van der Waals surface area contributed by atoms with Gasteiger partial charge in [-0.2, -0.15) is 5.26 Å². The first kappa shape index (κ1) is 19.4. The molecule has 0 fully saturated rings. The van der Waals surface area contributed by atoms with Crippen LogP contribution < -0.4 is 5.32 Å². The smallest absolute Gasteiger partial charge is 0.235 e. The van der Waals surface area contributed by atoms with Crippen molar-refractivity contribution in [3.05, 3.63) is 108 Å². The lowest BCUT2D eigenvalue weighted by molar-refractivity contribution is -0.129. The SMILES string of the molecule is N#Cc1ccc([C@@H]2CC(c3ccccc3)=CC(=O)[C@H]2C(=O)Nc2ccccc2)cc1. The monoisotopic (exact) mass is 392 g/mol. The number of benzene rings is 3. The number of para-hydroxylation sites is 1. The Kier molecular flexibility index (Phi) is 5.54. The second-order valence-electron chi connectivity index (χ2n) is 7.32. The van der Waals surface area contributed by atoms with Crippen LogP contribution in [0.15, 0.2) is 91.0 Å². The van der Waals surface area contributed by atoms with Gasteiger partial charge in [-0.15, -0.1) is 0 Å². The zero-order chi connectivity index (χ0) is 20.9. The van der Waals surface area contributed by atoms with Crippen molar-refractivity contribution in [3.63, 3.8) is 0 Å². The molecule has 1 N–H and O–H groups in total. The number of hydrogen-bond acceptors (Lipinski definition) is 3. The molecular weight excluding hydrogens is 372 g/mol. The molecule has 30 heavy (non-hydrogen) atoms. The molecule has 0 saturated heterocycles. The van der Waals surface area contributed by atoms with Crippen molar-refractivity contribution in [2.75, 3.05) is 5.32 Å². The minimum absolute atomic E-state index is 0.206. The van der Waals surface area contributed by atoms with E-state index in [0.717, 1.165) is 16.7 Å². The van der Waals surface area contributed by atoms with Crippen molar-refractivity contribution in [1.29, 1.82) is 5.26 Å². The second kappa shape index (κ2) is 8.59. The number of amides is 1. The van der Waals surface area contributed by atoms with Gasteiger partial charge in [0, 0.05) is 11.6 Å². The fraction of sp³-hybridized carbons (Fsp3) is 0.115. The molecule has 4 rings (SSSR count). The number of allylic oxidation sites excluding steroid dienone is 2. The quantitative estimate of drug-likeness (QED) is 0.639. The minimum Gasteiger partial charge on any atom is -0.325 e. The summed E-state index contributed by atoms with van der Waals surface area (Å²) in [5.74, 6) is -1.66. The highest BCUT2D eigenvalue weighted by Crippen LogP contribution is 2.40. The summed E-state index contributed by atoms with van der Waals surface area (Å²) in [6.07, 6.45) is 2.17. The van der Waals surface area contributed by atoms with E-state index in [0.29, 0.717) is 17.7 Å². The molecule has 1 aliphatic rings. The van der Waals surface area contributed by atoms with Gasteiger partial charge >= 0.3 is 0 Å². The Labute approximate surface area is 175 Å². The summed E-state index contributed by atoms with van der Waals surface area (Å²) < 4.78 is 0. The van der Waals surface area contributed by atoms with E-state index in [4.69, 9.17) is 5.26 Å². The lowest BCUT2D eigenvalue weighted by Gasteiger charge is -2.30. The van der Waals surface area contributed by atoms with Crippen LogP contribution in [0.4, 0.5) is 5.69 Å². The molecular formula is C26H20N2O2. The van der Waals surface area contributed by atoms with E-state index in [9.17, 15) is 9.59 Å². The highest BCUT2D eigenvalue weighted by atomic mass is 16.2. The first-order valence-corrected chi connectivity index (χ1v) is 9.81. The maximum Gasteiger partial charge on any atom is 0.235 e. The number of nitrogens with zero attached hydrogens (tertiary/aromatic N) is 1. The maximum absolute atomic E-state index is 13.1. The van der Waals surface area contributed by atoms with Gasteiger partial charge in [-0.1, -0.05) is 60.7 Å². The third-order valence-corrected chi connectivity index (χ3v) is 5.40. The Bertz CT molecular complexity index is 1130. The predicted molar refractivity (Wildman–Crippen MR) is 117 cm³/mol. The molecule has 0 radical (unpaired) electrons. The number of hydrogen-bond donors (Lipinski definition) is 1. The van der Waals surface area contributed by atoms with E-state index in [1.54, 1.807) is 30.3 Å². The van der Waals surface area contributed by atoms with Crippen molar-refractivity contribution < 1.29 is 9.59 Å². The molecule has 3 aromatic rings. The van der Waals surface area contributed by atoms with Gasteiger partial charge in [0.2, 0.25) is 5.91 Å². The van der Waals surface area contributed by atoms with E-state index in [2.05, 4.69) is 11.4 Å². The molecule has 3 aromatic carbocycles. The molecule has 0 aromatic heterocycles. The summed E-state index contributed by atoms with van der Waals surface area (Å²) in [6, 6.07) is 28.1. The van der Waals surface area contributed by atoms with Crippen molar-refractivity contribution in [3.8, 4) is 6.07 Å². The van der Waals surface area contributed by atoms with E-state index in [1.807, 2.05) is 60.7 Å². The zero-order valence-corrected chi connectivity index (χ0v) is 16.3. The number of rotatable bonds is 4. The second-order valence-corrected chi connectivity index (χ2v) is 7.32. The van der Waals surface area contributed by atoms with Crippen molar-refractivity contribution >= 4 is 23.0 Å². The molecule has 4 heteroatoms. The van der Waals surface area contributed by atoms with Crippen molar-refractivity contribution in [2.45, 2.75) is 12.3 Å². The molecule has 0 saturated carbocycles. The van der Waals surface area contributed by atoms with Crippen LogP contribution in [0, 0.1) is 17.2 Å². The average Bonchev–Trinajstić information content (AvgIpc) is 2.79. The van der Waals surface area contributed by atoms with Gasteiger partial charge in [0.15, 0.2) is 5.78 Å². The highest BCUT2D eigenvalue weighted by molar-refractivity contribution is 6.15. The number of nitriles is 1. The highest BCUT2D eigenvalue weighted by Gasteiger charge is 2.38. The van der Waals surface area contributed by atoms with Crippen molar-refractivity contribution in [2.24, 2.45) is 5.92 Å². The first-order chi connectivity index (χ1) is 14.7. The Balaban J connectivity index is 1.71. The number of anilines is 1.